The summed E-state index contributed by atoms with van der Waals surface area (Å²) in [6.45, 7) is 4.81. The van der Waals surface area contributed by atoms with Crippen molar-refractivity contribution in [3.05, 3.63) is 71.3 Å². The standard InChI is InChI=1S/C23H26N2O2/c1-17-9-11-19(12-10-17)22(26)25-15-20(18-7-3-2-4-8-18)21(16-25)23(27)24-13-5-6-14-24/h2-4,7-12,20-21H,5-6,13-16H2,1H3/t20-,21+/m1/s1. The van der Waals surface area contributed by atoms with Crippen LogP contribution >= 0.6 is 0 Å². The van der Waals surface area contributed by atoms with E-state index in [2.05, 4.69) is 12.1 Å². The second-order valence-electron chi connectivity index (χ2n) is 7.73. The normalized spacial score (nSPS) is 22.3. The fraction of sp³-hybridized carbons (Fsp3) is 0.391. The molecule has 27 heavy (non-hydrogen) atoms. The third-order valence-corrected chi connectivity index (χ3v) is 5.87. The molecule has 2 fully saturated rings. The molecule has 0 radical (unpaired) electrons. The van der Waals surface area contributed by atoms with Gasteiger partial charge in [-0.3, -0.25) is 9.59 Å². The molecule has 2 saturated heterocycles. The molecular formula is C23H26N2O2. The zero-order valence-electron chi connectivity index (χ0n) is 15.8. The van der Waals surface area contributed by atoms with Gasteiger partial charge in [0.15, 0.2) is 0 Å². The largest absolute Gasteiger partial charge is 0.342 e. The average molecular weight is 362 g/mol. The van der Waals surface area contributed by atoms with Gasteiger partial charge in [0.2, 0.25) is 5.91 Å². The van der Waals surface area contributed by atoms with Gasteiger partial charge in [0.05, 0.1) is 5.92 Å². The van der Waals surface area contributed by atoms with E-state index in [0.29, 0.717) is 18.7 Å². The van der Waals surface area contributed by atoms with E-state index in [0.717, 1.165) is 37.1 Å². The molecule has 0 aliphatic carbocycles. The molecule has 2 amide bonds. The maximum atomic E-state index is 13.2. The van der Waals surface area contributed by atoms with E-state index >= 15 is 0 Å². The predicted octanol–water partition coefficient (Wildman–Crippen LogP) is 3.47. The van der Waals surface area contributed by atoms with E-state index in [-0.39, 0.29) is 23.7 Å². The van der Waals surface area contributed by atoms with Gasteiger partial charge in [-0.1, -0.05) is 48.0 Å². The Morgan fingerprint density at radius 2 is 1.52 bits per heavy atom. The first-order valence-electron chi connectivity index (χ1n) is 9.83. The Hall–Kier alpha value is -2.62. The van der Waals surface area contributed by atoms with Crippen LogP contribution in [0, 0.1) is 12.8 Å². The molecule has 4 rings (SSSR count). The van der Waals surface area contributed by atoms with Crippen LogP contribution in [-0.4, -0.2) is 47.8 Å². The summed E-state index contributed by atoms with van der Waals surface area (Å²) in [4.78, 5) is 30.0. The van der Waals surface area contributed by atoms with Crippen LogP contribution in [0.25, 0.3) is 0 Å². The van der Waals surface area contributed by atoms with Crippen LogP contribution in [0.5, 0.6) is 0 Å². The van der Waals surface area contributed by atoms with Gasteiger partial charge in [-0.05, 0) is 37.5 Å². The number of benzene rings is 2. The Bertz CT molecular complexity index is 810. The number of likely N-dealkylation sites (tertiary alicyclic amines) is 2. The van der Waals surface area contributed by atoms with Crippen LogP contribution in [0.4, 0.5) is 0 Å². The van der Waals surface area contributed by atoms with Crippen molar-refractivity contribution in [3.8, 4) is 0 Å². The van der Waals surface area contributed by atoms with Crippen LogP contribution < -0.4 is 0 Å². The Labute approximate surface area is 160 Å². The van der Waals surface area contributed by atoms with Crippen molar-refractivity contribution in [2.24, 2.45) is 5.92 Å². The lowest BCUT2D eigenvalue weighted by molar-refractivity contribution is -0.134. The topological polar surface area (TPSA) is 40.6 Å². The number of amides is 2. The molecule has 2 aromatic carbocycles. The Kier molecular flexibility index (Phi) is 4.97. The second kappa shape index (κ2) is 7.55. The molecule has 2 aromatic rings. The predicted molar refractivity (Wildman–Crippen MR) is 106 cm³/mol. The molecule has 0 unspecified atom stereocenters. The lowest BCUT2D eigenvalue weighted by Gasteiger charge is -2.23. The molecule has 0 saturated carbocycles. The monoisotopic (exact) mass is 362 g/mol. The minimum atomic E-state index is -0.153. The highest BCUT2D eigenvalue weighted by Gasteiger charge is 2.42. The smallest absolute Gasteiger partial charge is 0.253 e. The van der Waals surface area contributed by atoms with Crippen LogP contribution in [0.3, 0.4) is 0 Å². The van der Waals surface area contributed by atoms with E-state index < -0.39 is 0 Å². The summed E-state index contributed by atoms with van der Waals surface area (Å²) in [5, 5.41) is 0. The maximum absolute atomic E-state index is 13.2. The summed E-state index contributed by atoms with van der Waals surface area (Å²) in [6.07, 6.45) is 2.17. The first kappa shape index (κ1) is 17.8. The quantitative estimate of drug-likeness (QED) is 0.839. The zero-order valence-corrected chi connectivity index (χ0v) is 15.8. The summed E-state index contributed by atoms with van der Waals surface area (Å²) in [5.41, 5.74) is 2.98. The third kappa shape index (κ3) is 3.61. The molecule has 140 valence electrons. The molecule has 0 spiro atoms. The number of aryl methyl sites for hydroxylation is 1. The second-order valence-corrected chi connectivity index (χ2v) is 7.73. The van der Waals surface area contributed by atoms with Crippen molar-refractivity contribution >= 4 is 11.8 Å². The Balaban J connectivity index is 1.59. The molecule has 2 heterocycles. The van der Waals surface area contributed by atoms with Crippen molar-refractivity contribution in [2.45, 2.75) is 25.7 Å². The highest BCUT2D eigenvalue weighted by atomic mass is 16.2. The fourth-order valence-electron chi connectivity index (χ4n) is 4.31. The molecular weight excluding hydrogens is 336 g/mol. The lowest BCUT2D eigenvalue weighted by atomic mass is 9.88. The van der Waals surface area contributed by atoms with Crippen LogP contribution in [0.15, 0.2) is 54.6 Å². The molecule has 2 aliphatic rings. The van der Waals surface area contributed by atoms with Gasteiger partial charge in [-0.2, -0.15) is 0 Å². The minimum absolute atomic E-state index is 0.0210. The lowest BCUT2D eigenvalue weighted by Crippen LogP contribution is -2.37. The molecule has 2 atom stereocenters. The maximum Gasteiger partial charge on any atom is 0.253 e. The van der Waals surface area contributed by atoms with Gasteiger partial charge in [0, 0.05) is 37.7 Å². The van der Waals surface area contributed by atoms with Crippen LogP contribution in [-0.2, 0) is 4.79 Å². The third-order valence-electron chi connectivity index (χ3n) is 5.87. The van der Waals surface area contributed by atoms with Crippen LogP contribution in [0.2, 0.25) is 0 Å². The zero-order chi connectivity index (χ0) is 18.8. The summed E-state index contributed by atoms with van der Waals surface area (Å²) in [7, 11) is 0. The van der Waals surface area contributed by atoms with Crippen molar-refractivity contribution in [2.75, 3.05) is 26.2 Å². The summed E-state index contributed by atoms with van der Waals surface area (Å²) in [6, 6.07) is 17.9. The van der Waals surface area contributed by atoms with Crippen molar-refractivity contribution in [1.82, 2.24) is 9.80 Å². The van der Waals surface area contributed by atoms with Gasteiger partial charge in [-0.25, -0.2) is 0 Å². The molecule has 4 heteroatoms. The summed E-state index contributed by atoms with van der Waals surface area (Å²) in [5.74, 6) is 0.141. The summed E-state index contributed by atoms with van der Waals surface area (Å²) >= 11 is 0. The van der Waals surface area contributed by atoms with Crippen molar-refractivity contribution in [3.63, 3.8) is 0 Å². The van der Waals surface area contributed by atoms with E-state index in [1.807, 2.05) is 59.2 Å². The average Bonchev–Trinajstić information content (AvgIpc) is 3.38. The van der Waals surface area contributed by atoms with E-state index in [1.165, 1.54) is 0 Å². The van der Waals surface area contributed by atoms with Gasteiger partial charge in [-0.15, -0.1) is 0 Å². The fourth-order valence-corrected chi connectivity index (χ4v) is 4.31. The first-order chi connectivity index (χ1) is 13.1. The molecule has 0 bridgehead atoms. The number of hydrogen-bond donors (Lipinski definition) is 0. The molecule has 2 aliphatic heterocycles. The number of hydrogen-bond acceptors (Lipinski definition) is 2. The first-order valence-corrected chi connectivity index (χ1v) is 9.83. The highest BCUT2D eigenvalue weighted by molar-refractivity contribution is 5.95. The number of carbonyl (C=O) groups is 2. The van der Waals surface area contributed by atoms with Crippen molar-refractivity contribution in [1.29, 1.82) is 0 Å². The SMILES string of the molecule is Cc1ccc(C(=O)N2C[C@H](C(=O)N3CCCC3)[C@@H](c3ccccc3)C2)cc1. The van der Waals surface area contributed by atoms with E-state index in [1.54, 1.807) is 0 Å². The van der Waals surface area contributed by atoms with E-state index in [9.17, 15) is 9.59 Å². The van der Waals surface area contributed by atoms with Crippen LogP contribution in [0.1, 0.15) is 40.2 Å². The van der Waals surface area contributed by atoms with Crippen molar-refractivity contribution < 1.29 is 9.59 Å². The van der Waals surface area contributed by atoms with Gasteiger partial charge >= 0.3 is 0 Å². The minimum Gasteiger partial charge on any atom is -0.342 e. The van der Waals surface area contributed by atoms with Gasteiger partial charge < -0.3 is 9.80 Å². The Morgan fingerprint density at radius 3 is 2.19 bits per heavy atom. The molecule has 0 aromatic heterocycles. The highest BCUT2D eigenvalue weighted by Crippen LogP contribution is 2.35. The van der Waals surface area contributed by atoms with Gasteiger partial charge in [0.25, 0.3) is 5.91 Å². The number of rotatable bonds is 3. The number of nitrogens with zero attached hydrogens (tertiary/aromatic N) is 2. The molecule has 0 N–H and O–H groups in total. The van der Waals surface area contributed by atoms with E-state index in [4.69, 9.17) is 0 Å². The molecule has 4 nitrogen and oxygen atoms in total. The number of carbonyl (C=O) groups excluding carboxylic acids is 2. The Morgan fingerprint density at radius 1 is 0.852 bits per heavy atom. The summed E-state index contributed by atoms with van der Waals surface area (Å²) < 4.78 is 0. The van der Waals surface area contributed by atoms with Gasteiger partial charge in [0.1, 0.15) is 0 Å².